The molecule has 0 bridgehead atoms. The molecule has 98 valence electrons. The first-order valence-electron chi connectivity index (χ1n) is 6.17. The predicted molar refractivity (Wildman–Crippen MR) is 81.1 cm³/mol. The molecule has 0 unspecified atom stereocenters. The summed E-state index contributed by atoms with van der Waals surface area (Å²) in [6.07, 6.45) is 0.181. The van der Waals surface area contributed by atoms with Gasteiger partial charge in [-0.15, -0.1) is 0 Å². The van der Waals surface area contributed by atoms with Crippen LogP contribution in [0.25, 0.3) is 0 Å². The zero-order valence-electron chi connectivity index (χ0n) is 10.7. The highest BCUT2D eigenvalue weighted by molar-refractivity contribution is 7.99. The first-order chi connectivity index (χ1) is 9.11. The Morgan fingerprint density at radius 1 is 1.05 bits per heavy atom. The normalized spacial score (nSPS) is 12.6. The first kappa shape index (κ1) is 12.7. The van der Waals surface area contributed by atoms with Crippen LogP contribution in [-0.4, -0.2) is 6.10 Å². The van der Waals surface area contributed by atoms with Gasteiger partial charge in [0.05, 0.1) is 17.5 Å². The van der Waals surface area contributed by atoms with Crippen LogP contribution in [-0.2, 0) is 0 Å². The fourth-order valence-corrected chi connectivity index (χ4v) is 3.23. The van der Waals surface area contributed by atoms with E-state index >= 15 is 0 Å². The maximum Gasteiger partial charge on any atom is 0.121 e. The van der Waals surface area contributed by atoms with E-state index in [1.54, 1.807) is 11.8 Å². The van der Waals surface area contributed by atoms with Gasteiger partial charge in [-0.25, -0.2) is 0 Å². The Labute approximate surface area is 122 Å². The summed E-state index contributed by atoms with van der Waals surface area (Å²) in [7, 11) is 0. The number of benzene rings is 2. The Balaban J connectivity index is 1.93. The largest absolute Gasteiger partial charge is 0.491 e. The zero-order valence-corrected chi connectivity index (χ0v) is 12.3. The van der Waals surface area contributed by atoms with Crippen LogP contribution in [0.2, 0.25) is 5.02 Å². The summed E-state index contributed by atoms with van der Waals surface area (Å²) in [4.78, 5) is 2.34. The Morgan fingerprint density at radius 3 is 2.68 bits per heavy atom. The summed E-state index contributed by atoms with van der Waals surface area (Å²) in [5.74, 6) is 0.888. The zero-order chi connectivity index (χ0) is 13.4. The lowest BCUT2D eigenvalue weighted by Gasteiger charge is -2.22. The molecule has 2 aromatic rings. The van der Waals surface area contributed by atoms with E-state index in [4.69, 9.17) is 16.3 Å². The van der Waals surface area contributed by atoms with Gasteiger partial charge in [-0.3, -0.25) is 0 Å². The molecule has 0 amide bonds. The van der Waals surface area contributed by atoms with Crippen LogP contribution >= 0.6 is 23.4 Å². The molecular formula is C15H14ClNOS. The van der Waals surface area contributed by atoms with Crippen molar-refractivity contribution in [2.75, 3.05) is 5.32 Å². The van der Waals surface area contributed by atoms with Crippen molar-refractivity contribution >= 4 is 34.7 Å². The second-order valence-corrected chi connectivity index (χ2v) is 6.21. The Bertz CT molecular complexity index is 628. The quantitative estimate of drug-likeness (QED) is 0.689. The van der Waals surface area contributed by atoms with Crippen molar-refractivity contribution in [2.45, 2.75) is 29.7 Å². The van der Waals surface area contributed by atoms with Crippen molar-refractivity contribution < 1.29 is 4.74 Å². The Hall–Kier alpha value is -1.32. The maximum absolute atomic E-state index is 6.03. The predicted octanol–water partition coefficient (Wildman–Crippen LogP) is 5.34. The van der Waals surface area contributed by atoms with Gasteiger partial charge < -0.3 is 10.1 Å². The molecule has 0 atom stereocenters. The van der Waals surface area contributed by atoms with Gasteiger partial charge in [0, 0.05) is 20.9 Å². The van der Waals surface area contributed by atoms with Crippen molar-refractivity contribution in [3.05, 3.63) is 41.4 Å². The van der Waals surface area contributed by atoms with Gasteiger partial charge in [0.1, 0.15) is 5.75 Å². The molecule has 0 aliphatic carbocycles. The SMILES string of the molecule is CC(C)Oc1ccc2c(c1)Nc1ccc(Cl)cc1S2. The molecule has 0 saturated heterocycles. The van der Waals surface area contributed by atoms with E-state index in [1.807, 2.05) is 44.2 Å². The molecule has 0 saturated carbocycles. The number of hydrogen-bond acceptors (Lipinski definition) is 3. The van der Waals surface area contributed by atoms with Crippen LogP contribution in [0, 0.1) is 0 Å². The third-order valence-electron chi connectivity index (χ3n) is 2.76. The van der Waals surface area contributed by atoms with E-state index in [0.717, 1.165) is 27.0 Å². The topological polar surface area (TPSA) is 21.3 Å². The van der Waals surface area contributed by atoms with Gasteiger partial charge in [-0.1, -0.05) is 23.4 Å². The minimum absolute atomic E-state index is 0.181. The van der Waals surface area contributed by atoms with Gasteiger partial charge in [-0.2, -0.15) is 0 Å². The van der Waals surface area contributed by atoms with Gasteiger partial charge in [-0.05, 0) is 44.2 Å². The van der Waals surface area contributed by atoms with E-state index in [9.17, 15) is 0 Å². The fourth-order valence-electron chi connectivity index (χ4n) is 1.99. The fraction of sp³-hybridized carbons (Fsp3) is 0.200. The van der Waals surface area contributed by atoms with Crippen LogP contribution < -0.4 is 10.1 Å². The van der Waals surface area contributed by atoms with Crippen molar-refractivity contribution in [1.29, 1.82) is 0 Å². The monoisotopic (exact) mass is 291 g/mol. The summed E-state index contributed by atoms with van der Waals surface area (Å²) >= 11 is 7.75. The lowest BCUT2D eigenvalue weighted by molar-refractivity contribution is 0.242. The molecule has 1 aliphatic rings. The third kappa shape index (κ3) is 2.67. The average Bonchev–Trinajstić information content (AvgIpc) is 2.35. The summed E-state index contributed by atoms with van der Waals surface area (Å²) in [5, 5.41) is 4.18. The highest BCUT2D eigenvalue weighted by Gasteiger charge is 2.16. The second kappa shape index (κ2) is 4.99. The van der Waals surface area contributed by atoms with Crippen molar-refractivity contribution in [2.24, 2.45) is 0 Å². The van der Waals surface area contributed by atoms with E-state index in [-0.39, 0.29) is 6.10 Å². The standard InChI is InChI=1S/C15H14ClNOS/c1-9(2)18-11-4-6-14-13(8-11)17-12-5-3-10(16)7-15(12)19-14/h3-9,17H,1-2H3. The highest BCUT2D eigenvalue weighted by Crippen LogP contribution is 2.46. The van der Waals surface area contributed by atoms with E-state index in [1.165, 1.54) is 4.90 Å². The molecule has 0 spiro atoms. The number of ether oxygens (including phenoxy) is 1. The molecule has 1 aliphatic heterocycles. The Kier molecular flexibility index (Phi) is 3.33. The van der Waals surface area contributed by atoms with Crippen LogP contribution in [0.5, 0.6) is 5.75 Å². The van der Waals surface area contributed by atoms with Crippen LogP contribution in [0.3, 0.4) is 0 Å². The van der Waals surface area contributed by atoms with E-state index in [2.05, 4.69) is 11.4 Å². The lowest BCUT2D eigenvalue weighted by atomic mass is 10.2. The molecule has 1 N–H and O–H groups in total. The molecule has 1 heterocycles. The van der Waals surface area contributed by atoms with E-state index < -0.39 is 0 Å². The lowest BCUT2D eigenvalue weighted by Crippen LogP contribution is -2.06. The van der Waals surface area contributed by atoms with E-state index in [0.29, 0.717) is 0 Å². The summed E-state index contributed by atoms with van der Waals surface area (Å²) in [6.45, 7) is 4.05. The molecule has 4 heteroatoms. The molecular weight excluding hydrogens is 278 g/mol. The molecule has 19 heavy (non-hydrogen) atoms. The van der Waals surface area contributed by atoms with Crippen molar-refractivity contribution in [1.82, 2.24) is 0 Å². The minimum Gasteiger partial charge on any atom is -0.491 e. The molecule has 0 aromatic heterocycles. The molecule has 3 rings (SSSR count). The van der Waals surface area contributed by atoms with Gasteiger partial charge in [0.15, 0.2) is 0 Å². The van der Waals surface area contributed by atoms with Crippen LogP contribution in [0.15, 0.2) is 46.2 Å². The smallest absolute Gasteiger partial charge is 0.121 e. The number of hydrogen-bond donors (Lipinski definition) is 1. The maximum atomic E-state index is 6.03. The number of rotatable bonds is 2. The Morgan fingerprint density at radius 2 is 1.89 bits per heavy atom. The molecule has 0 radical (unpaired) electrons. The van der Waals surface area contributed by atoms with Gasteiger partial charge in [0.25, 0.3) is 0 Å². The third-order valence-corrected chi connectivity index (χ3v) is 4.12. The number of fused-ring (bicyclic) bond motifs is 2. The first-order valence-corrected chi connectivity index (χ1v) is 7.36. The molecule has 2 nitrogen and oxygen atoms in total. The second-order valence-electron chi connectivity index (χ2n) is 4.69. The minimum atomic E-state index is 0.181. The van der Waals surface area contributed by atoms with Crippen molar-refractivity contribution in [3.63, 3.8) is 0 Å². The van der Waals surface area contributed by atoms with Crippen LogP contribution in [0.1, 0.15) is 13.8 Å². The van der Waals surface area contributed by atoms with Crippen molar-refractivity contribution in [3.8, 4) is 5.75 Å². The van der Waals surface area contributed by atoms with Crippen LogP contribution in [0.4, 0.5) is 11.4 Å². The number of halogens is 1. The number of nitrogens with one attached hydrogen (secondary N) is 1. The van der Waals surface area contributed by atoms with Gasteiger partial charge >= 0.3 is 0 Å². The summed E-state index contributed by atoms with van der Waals surface area (Å²) in [5.41, 5.74) is 2.17. The highest BCUT2D eigenvalue weighted by atomic mass is 35.5. The van der Waals surface area contributed by atoms with Gasteiger partial charge in [0.2, 0.25) is 0 Å². The molecule has 0 fully saturated rings. The summed E-state index contributed by atoms with van der Waals surface area (Å²) < 4.78 is 5.72. The molecule has 2 aromatic carbocycles. The number of anilines is 2. The average molecular weight is 292 g/mol. The summed E-state index contributed by atoms with van der Waals surface area (Å²) in [6, 6.07) is 12.0.